The molecule has 0 spiro atoms. The Morgan fingerprint density at radius 3 is 3.00 bits per heavy atom. The predicted octanol–water partition coefficient (Wildman–Crippen LogP) is 3.88. The summed E-state index contributed by atoms with van der Waals surface area (Å²) in [5.74, 6) is 0.0931. The van der Waals surface area contributed by atoms with Crippen LogP contribution in [-0.4, -0.2) is 27.3 Å². The summed E-state index contributed by atoms with van der Waals surface area (Å²) in [5.41, 5.74) is 2.69. The summed E-state index contributed by atoms with van der Waals surface area (Å²) in [7, 11) is 0. The van der Waals surface area contributed by atoms with Crippen molar-refractivity contribution in [2.45, 2.75) is 11.4 Å². The number of benzene rings is 2. The highest BCUT2D eigenvalue weighted by molar-refractivity contribution is 8.00. The highest BCUT2D eigenvalue weighted by atomic mass is 35.5. The second kappa shape index (κ2) is 7.46. The van der Waals surface area contributed by atoms with Gasteiger partial charge in [0.05, 0.1) is 29.7 Å². The number of hydrogen-bond donors (Lipinski definition) is 2. The monoisotopic (exact) mass is 398 g/mol. The molecule has 0 saturated heterocycles. The number of nitrogens with one attached hydrogen (secondary N) is 2. The molecule has 27 heavy (non-hydrogen) atoms. The van der Waals surface area contributed by atoms with Gasteiger partial charge < -0.3 is 10.6 Å². The maximum atomic E-state index is 12.5. The van der Waals surface area contributed by atoms with Gasteiger partial charge in [0.1, 0.15) is 0 Å². The van der Waals surface area contributed by atoms with E-state index in [1.165, 1.54) is 18.0 Å². The van der Waals surface area contributed by atoms with Crippen LogP contribution >= 0.6 is 23.4 Å². The maximum absolute atomic E-state index is 12.5. The summed E-state index contributed by atoms with van der Waals surface area (Å²) in [6, 6.07) is 13.0. The molecule has 0 aliphatic carbocycles. The fourth-order valence-electron chi connectivity index (χ4n) is 2.73. The lowest BCUT2D eigenvalue weighted by Gasteiger charge is -2.17. The number of thioether (sulfide) groups is 1. The van der Waals surface area contributed by atoms with Crippen molar-refractivity contribution in [3.05, 3.63) is 71.0 Å². The van der Waals surface area contributed by atoms with Gasteiger partial charge >= 0.3 is 0 Å². The second-order valence-electron chi connectivity index (χ2n) is 6.02. The molecule has 2 heterocycles. The third-order valence-corrected chi connectivity index (χ3v) is 5.50. The standard InChI is InChI=1S/C19H15ClN4O2S/c20-15-4-2-1-3-12(15)9-24-10-13(8-21-24)19(26)22-14-5-6-17-16(7-14)23-18(25)11-27-17/h1-8,10H,9,11H2,(H,22,26)(H,23,25). The molecule has 1 aromatic heterocycles. The van der Waals surface area contributed by atoms with Crippen molar-refractivity contribution in [3.63, 3.8) is 0 Å². The van der Waals surface area contributed by atoms with Gasteiger partial charge in [0.15, 0.2) is 0 Å². The SMILES string of the molecule is O=C1CSc2ccc(NC(=O)c3cnn(Cc4ccccc4Cl)c3)cc2N1. The Kier molecular flexibility index (Phi) is 4.87. The molecule has 2 aromatic carbocycles. The van der Waals surface area contributed by atoms with E-state index in [-0.39, 0.29) is 11.8 Å². The van der Waals surface area contributed by atoms with Crippen molar-refractivity contribution < 1.29 is 9.59 Å². The molecule has 0 fully saturated rings. The maximum Gasteiger partial charge on any atom is 0.258 e. The topological polar surface area (TPSA) is 76.0 Å². The molecule has 2 N–H and O–H groups in total. The number of nitrogens with zero attached hydrogens (tertiary/aromatic N) is 2. The quantitative estimate of drug-likeness (QED) is 0.699. The molecule has 3 aromatic rings. The van der Waals surface area contributed by atoms with E-state index in [0.29, 0.717) is 34.3 Å². The number of fused-ring (bicyclic) bond motifs is 1. The van der Waals surface area contributed by atoms with E-state index in [2.05, 4.69) is 15.7 Å². The number of rotatable bonds is 4. The minimum absolute atomic E-state index is 0.0446. The zero-order chi connectivity index (χ0) is 18.8. The van der Waals surface area contributed by atoms with Crippen molar-refractivity contribution in [1.29, 1.82) is 0 Å². The van der Waals surface area contributed by atoms with Crippen LogP contribution in [0.15, 0.2) is 59.8 Å². The Morgan fingerprint density at radius 2 is 2.15 bits per heavy atom. The lowest BCUT2D eigenvalue weighted by Crippen LogP contribution is -2.19. The van der Waals surface area contributed by atoms with Crippen molar-refractivity contribution in [2.75, 3.05) is 16.4 Å². The first-order chi connectivity index (χ1) is 13.1. The van der Waals surface area contributed by atoms with Gasteiger partial charge in [0, 0.05) is 21.8 Å². The predicted molar refractivity (Wildman–Crippen MR) is 107 cm³/mol. The molecule has 0 bridgehead atoms. The first kappa shape index (κ1) is 17.6. The lowest BCUT2D eigenvalue weighted by molar-refractivity contribution is -0.113. The molecule has 136 valence electrons. The lowest BCUT2D eigenvalue weighted by atomic mass is 10.2. The molecule has 0 unspecified atom stereocenters. The van der Waals surface area contributed by atoms with Crippen LogP contribution in [0.25, 0.3) is 0 Å². The van der Waals surface area contributed by atoms with Crippen molar-refractivity contribution >= 4 is 46.6 Å². The molecule has 1 aliphatic heterocycles. The number of carbonyl (C=O) groups excluding carboxylic acids is 2. The molecule has 0 atom stereocenters. The highest BCUT2D eigenvalue weighted by Gasteiger charge is 2.16. The van der Waals surface area contributed by atoms with Gasteiger partial charge in [-0.25, -0.2) is 0 Å². The van der Waals surface area contributed by atoms with Gasteiger partial charge in [-0.3, -0.25) is 14.3 Å². The molecular formula is C19H15ClN4O2S. The second-order valence-corrected chi connectivity index (χ2v) is 7.44. The summed E-state index contributed by atoms with van der Waals surface area (Å²) >= 11 is 7.64. The van der Waals surface area contributed by atoms with Gasteiger partial charge in [-0.15, -0.1) is 11.8 Å². The van der Waals surface area contributed by atoms with E-state index in [0.717, 1.165) is 10.5 Å². The van der Waals surface area contributed by atoms with Gasteiger partial charge in [-0.2, -0.15) is 5.10 Å². The summed E-state index contributed by atoms with van der Waals surface area (Å²) in [4.78, 5) is 25.0. The van der Waals surface area contributed by atoms with Crippen LogP contribution < -0.4 is 10.6 Å². The largest absolute Gasteiger partial charge is 0.324 e. The zero-order valence-corrected chi connectivity index (χ0v) is 15.7. The highest BCUT2D eigenvalue weighted by Crippen LogP contribution is 2.33. The molecule has 8 heteroatoms. The normalized spacial score (nSPS) is 13.0. The fourth-order valence-corrected chi connectivity index (χ4v) is 3.72. The van der Waals surface area contributed by atoms with Crippen molar-refractivity contribution in [2.24, 2.45) is 0 Å². The Hall–Kier alpha value is -2.77. The average molecular weight is 399 g/mol. The number of halogens is 1. The van der Waals surface area contributed by atoms with Gasteiger partial charge in [-0.1, -0.05) is 29.8 Å². The van der Waals surface area contributed by atoms with E-state index in [1.54, 1.807) is 16.9 Å². The third-order valence-electron chi connectivity index (χ3n) is 4.06. The Morgan fingerprint density at radius 1 is 1.30 bits per heavy atom. The minimum Gasteiger partial charge on any atom is -0.324 e. The number of hydrogen-bond acceptors (Lipinski definition) is 4. The van der Waals surface area contributed by atoms with E-state index < -0.39 is 0 Å². The fraction of sp³-hybridized carbons (Fsp3) is 0.105. The summed E-state index contributed by atoms with van der Waals surface area (Å²) < 4.78 is 1.67. The number of amides is 2. The van der Waals surface area contributed by atoms with Crippen molar-refractivity contribution in [3.8, 4) is 0 Å². The molecule has 0 saturated carbocycles. The third kappa shape index (κ3) is 3.99. The Balaban J connectivity index is 1.46. The van der Waals surface area contributed by atoms with Crippen LogP contribution in [-0.2, 0) is 11.3 Å². The molecule has 6 nitrogen and oxygen atoms in total. The van der Waals surface area contributed by atoms with Crippen LogP contribution in [0.5, 0.6) is 0 Å². The van der Waals surface area contributed by atoms with Gasteiger partial charge in [0.25, 0.3) is 5.91 Å². The first-order valence-electron chi connectivity index (χ1n) is 8.22. The van der Waals surface area contributed by atoms with Crippen LogP contribution in [0.1, 0.15) is 15.9 Å². The minimum atomic E-state index is -0.268. The summed E-state index contributed by atoms with van der Waals surface area (Å²) in [6.45, 7) is 0.481. The van der Waals surface area contributed by atoms with Crippen LogP contribution in [0.2, 0.25) is 5.02 Å². The molecular weight excluding hydrogens is 384 g/mol. The van der Waals surface area contributed by atoms with Crippen LogP contribution in [0.4, 0.5) is 11.4 Å². The molecule has 0 radical (unpaired) electrons. The molecule has 4 rings (SSSR count). The van der Waals surface area contributed by atoms with Gasteiger partial charge in [-0.05, 0) is 29.8 Å². The number of aromatic nitrogens is 2. The summed E-state index contributed by atoms with van der Waals surface area (Å²) in [6.07, 6.45) is 3.19. The number of anilines is 2. The Bertz CT molecular complexity index is 1030. The average Bonchev–Trinajstić information content (AvgIpc) is 3.12. The van der Waals surface area contributed by atoms with E-state index in [1.807, 2.05) is 36.4 Å². The summed E-state index contributed by atoms with van der Waals surface area (Å²) in [5, 5.41) is 10.5. The number of carbonyl (C=O) groups is 2. The smallest absolute Gasteiger partial charge is 0.258 e. The van der Waals surface area contributed by atoms with Crippen LogP contribution in [0, 0.1) is 0 Å². The van der Waals surface area contributed by atoms with E-state index >= 15 is 0 Å². The van der Waals surface area contributed by atoms with Crippen LogP contribution in [0.3, 0.4) is 0 Å². The molecule has 2 amide bonds. The van der Waals surface area contributed by atoms with E-state index in [9.17, 15) is 9.59 Å². The first-order valence-corrected chi connectivity index (χ1v) is 9.59. The van der Waals surface area contributed by atoms with Crippen molar-refractivity contribution in [1.82, 2.24) is 9.78 Å². The van der Waals surface area contributed by atoms with Gasteiger partial charge in [0.2, 0.25) is 5.91 Å². The zero-order valence-electron chi connectivity index (χ0n) is 14.1. The van der Waals surface area contributed by atoms with E-state index in [4.69, 9.17) is 11.6 Å². The Labute approximate surface area is 164 Å². The molecule has 1 aliphatic rings.